The van der Waals surface area contributed by atoms with Crippen molar-refractivity contribution in [3.8, 4) is 0 Å². The first-order valence-corrected chi connectivity index (χ1v) is 15.1. The maximum absolute atomic E-state index is 15.6. The number of halogens is 2. The molecule has 0 aliphatic rings. The Morgan fingerprint density at radius 2 is 1.49 bits per heavy atom. The summed E-state index contributed by atoms with van der Waals surface area (Å²) in [4.78, 5) is 2.17. The number of pyridine rings is 1. The monoisotopic (exact) mass is 537 g/mol. The number of anilines is 1. The Morgan fingerprint density at radius 3 is 2.08 bits per heavy atom. The highest BCUT2D eigenvalue weighted by Crippen LogP contribution is 2.30. The molecule has 0 aliphatic heterocycles. The maximum atomic E-state index is 15.6. The fourth-order valence-electron chi connectivity index (χ4n) is 5.41. The highest BCUT2D eigenvalue weighted by Gasteiger charge is 2.21. The third-order valence-electron chi connectivity index (χ3n) is 8.38. The van der Waals surface area contributed by atoms with Crippen LogP contribution in [0.15, 0.2) is 54.9 Å². The van der Waals surface area contributed by atoms with Gasteiger partial charge in [0.15, 0.2) is 24.8 Å². The van der Waals surface area contributed by atoms with Gasteiger partial charge in [-0.1, -0.05) is 44.9 Å². The number of benzene rings is 2. The summed E-state index contributed by atoms with van der Waals surface area (Å²) in [5.74, 6) is -0.473. The number of unbranched alkanes of at least 4 members (excludes halogenated alkanes) is 2. The van der Waals surface area contributed by atoms with Crippen LogP contribution in [0.3, 0.4) is 0 Å². The summed E-state index contributed by atoms with van der Waals surface area (Å²) in [6.07, 6.45) is 10.8. The Balaban J connectivity index is 1.72. The minimum atomic E-state index is -0.289. The highest BCUT2D eigenvalue weighted by molar-refractivity contribution is 5.90. The van der Waals surface area contributed by atoms with Gasteiger partial charge in [0.05, 0.1) is 38.3 Å². The zero-order valence-corrected chi connectivity index (χ0v) is 24.9. The summed E-state index contributed by atoms with van der Waals surface area (Å²) in [6.45, 7) is 18.4. The SMILES string of the molecule is CCCCN(CCCC)c1ccc2cc(C=C(F)c3cc[n+](CCC[N+](CC)(CC)CC)cc3)ccc2c1F. The van der Waals surface area contributed by atoms with Crippen LogP contribution in [0.2, 0.25) is 0 Å². The van der Waals surface area contributed by atoms with E-state index in [0.717, 1.165) is 93.4 Å². The normalized spacial score (nSPS) is 12.3. The molecule has 0 aliphatic carbocycles. The van der Waals surface area contributed by atoms with Crippen molar-refractivity contribution in [2.24, 2.45) is 0 Å². The summed E-state index contributed by atoms with van der Waals surface area (Å²) in [5, 5.41) is 1.37. The van der Waals surface area contributed by atoms with Gasteiger partial charge in [-0.25, -0.2) is 13.3 Å². The van der Waals surface area contributed by atoms with Crippen molar-refractivity contribution in [2.75, 3.05) is 44.2 Å². The zero-order valence-electron chi connectivity index (χ0n) is 24.9. The molecule has 0 unspecified atom stereocenters. The molecule has 0 atom stereocenters. The number of hydrogen-bond acceptors (Lipinski definition) is 1. The van der Waals surface area contributed by atoms with Crippen LogP contribution in [-0.2, 0) is 6.54 Å². The Morgan fingerprint density at radius 1 is 0.846 bits per heavy atom. The van der Waals surface area contributed by atoms with Crippen LogP contribution in [0.5, 0.6) is 0 Å². The van der Waals surface area contributed by atoms with Crippen LogP contribution in [0.25, 0.3) is 22.7 Å². The van der Waals surface area contributed by atoms with Gasteiger partial charge in [0.1, 0.15) is 5.83 Å². The van der Waals surface area contributed by atoms with Crippen LogP contribution in [0.1, 0.15) is 77.8 Å². The molecule has 2 aromatic carbocycles. The van der Waals surface area contributed by atoms with Gasteiger partial charge in [-0.05, 0) is 62.8 Å². The van der Waals surface area contributed by atoms with E-state index >= 15 is 8.78 Å². The van der Waals surface area contributed by atoms with Crippen LogP contribution < -0.4 is 9.47 Å². The van der Waals surface area contributed by atoms with Crippen LogP contribution >= 0.6 is 0 Å². The molecule has 1 heterocycles. The molecular formula is C34H49F2N3+2. The molecule has 3 nitrogen and oxygen atoms in total. The largest absolute Gasteiger partial charge is 0.369 e. The van der Waals surface area contributed by atoms with E-state index in [-0.39, 0.29) is 11.6 Å². The number of fused-ring (bicyclic) bond motifs is 1. The van der Waals surface area contributed by atoms with Crippen molar-refractivity contribution in [2.45, 2.75) is 73.3 Å². The predicted molar refractivity (Wildman–Crippen MR) is 163 cm³/mol. The quantitative estimate of drug-likeness (QED) is 0.131. The van der Waals surface area contributed by atoms with Gasteiger partial charge >= 0.3 is 0 Å². The lowest BCUT2D eigenvalue weighted by molar-refractivity contribution is -0.925. The van der Waals surface area contributed by atoms with Crippen molar-refractivity contribution in [3.63, 3.8) is 0 Å². The molecule has 1 aromatic heterocycles. The second-order valence-electron chi connectivity index (χ2n) is 10.8. The molecule has 0 radical (unpaired) electrons. The molecule has 0 amide bonds. The predicted octanol–water partition coefficient (Wildman–Crippen LogP) is 8.41. The summed E-state index contributed by atoms with van der Waals surface area (Å²) in [7, 11) is 0. The van der Waals surface area contributed by atoms with Crippen molar-refractivity contribution in [1.29, 1.82) is 0 Å². The zero-order chi connectivity index (χ0) is 28.3. The summed E-state index contributed by atoms with van der Waals surface area (Å²) >= 11 is 0. The Labute approximate surface area is 235 Å². The molecule has 0 saturated heterocycles. The third-order valence-corrected chi connectivity index (χ3v) is 8.38. The highest BCUT2D eigenvalue weighted by atomic mass is 19.1. The molecule has 5 heteroatoms. The standard InChI is InChI=1S/C34H49F2N3/c1-6-11-21-38(22-12-7-2)33-17-15-30-26-28(14-16-31(30)34(33)36)27-32(35)29-18-23-37(24-19-29)20-13-25-39(8-3,9-4)10-5/h14-19,23-24,26-27H,6-13,20-22,25H2,1-5H3/q+2. The number of quaternary nitrogens is 1. The van der Waals surface area contributed by atoms with Crippen LogP contribution in [0, 0.1) is 5.82 Å². The van der Waals surface area contributed by atoms with Gasteiger partial charge in [0, 0.05) is 36.2 Å². The second kappa shape index (κ2) is 15.1. The molecular weight excluding hydrogens is 488 g/mol. The molecule has 212 valence electrons. The number of rotatable bonds is 16. The Kier molecular flexibility index (Phi) is 11.9. The lowest BCUT2D eigenvalue weighted by Crippen LogP contribution is -2.49. The number of aromatic nitrogens is 1. The molecule has 0 N–H and O–H groups in total. The smallest absolute Gasteiger partial charge is 0.169 e. The van der Waals surface area contributed by atoms with E-state index < -0.39 is 0 Å². The minimum Gasteiger partial charge on any atom is -0.369 e. The number of nitrogens with zero attached hydrogens (tertiary/aromatic N) is 3. The van der Waals surface area contributed by atoms with Crippen molar-refractivity contribution in [3.05, 3.63) is 71.8 Å². The first-order valence-electron chi connectivity index (χ1n) is 15.1. The van der Waals surface area contributed by atoms with E-state index in [0.29, 0.717) is 16.6 Å². The van der Waals surface area contributed by atoms with E-state index in [9.17, 15) is 0 Å². The van der Waals surface area contributed by atoms with Crippen LogP contribution in [0.4, 0.5) is 14.5 Å². The average molecular weight is 538 g/mol. The second-order valence-corrected chi connectivity index (χ2v) is 10.8. The van der Waals surface area contributed by atoms with E-state index in [2.05, 4.69) is 44.1 Å². The lowest BCUT2D eigenvalue weighted by Gasteiger charge is -2.35. The number of hydrogen-bond donors (Lipinski definition) is 0. The summed E-state index contributed by atoms with van der Waals surface area (Å²) in [5.41, 5.74) is 1.95. The first kappa shape index (κ1) is 30.7. The van der Waals surface area contributed by atoms with Crippen molar-refractivity contribution < 1.29 is 17.8 Å². The minimum absolute atomic E-state index is 0.184. The summed E-state index contributed by atoms with van der Waals surface area (Å²) in [6, 6.07) is 13.0. The van der Waals surface area contributed by atoms with Crippen molar-refractivity contribution in [1.82, 2.24) is 0 Å². The molecule has 3 aromatic rings. The molecule has 0 spiro atoms. The lowest BCUT2D eigenvalue weighted by atomic mass is 10.0. The van der Waals surface area contributed by atoms with Crippen molar-refractivity contribution >= 4 is 28.4 Å². The van der Waals surface area contributed by atoms with E-state index in [4.69, 9.17) is 0 Å². The topological polar surface area (TPSA) is 7.12 Å². The third kappa shape index (κ3) is 8.11. The van der Waals surface area contributed by atoms with Crippen LogP contribution in [-0.4, -0.2) is 43.8 Å². The fraction of sp³-hybridized carbons (Fsp3) is 0.500. The van der Waals surface area contributed by atoms with Gasteiger partial charge < -0.3 is 9.38 Å². The number of aryl methyl sites for hydroxylation is 1. The van der Waals surface area contributed by atoms with Gasteiger partial charge in [-0.3, -0.25) is 0 Å². The van der Waals surface area contributed by atoms with Gasteiger partial charge in [0.2, 0.25) is 0 Å². The fourth-order valence-corrected chi connectivity index (χ4v) is 5.41. The molecule has 0 saturated carbocycles. The average Bonchev–Trinajstić information content (AvgIpc) is 2.96. The van der Waals surface area contributed by atoms with E-state index in [1.807, 2.05) is 42.7 Å². The Hall–Kier alpha value is -2.79. The van der Waals surface area contributed by atoms with E-state index in [1.165, 1.54) is 6.08 Å². The molecule has 0 fully saturated rings. The van der Waals surface area contributed by atoms with E-state index in [1.54, 1.807) is 12.1 Å². The molecule has 39 heavy (non-hydrogen) atoms. The maximum Gasteiger partial charge on any atom is 0.169 e. The first-order chi connectivity index (χ1) is 18.9. The molecule has 3 rings (SSSR count). The van der Waals surface area contributed by atoms with Gasteiger partial charge in [-0.2, -0.15) is 0 Å². The Bertz CT molecular complexity index is 1180. The molecule has 0 bridgehead atoms. The van der Waals surface area contributed by atoms with Gasteiger partial charge in [-0.15, -0.1) is 0 Å². The van der Waals surface area contributed by atoms with Gasteiger partial charge in [0.25, 0.3) is 0 Å². The summed E-state index contributed by atoms with van der Waals surface area (Å²) < 4.78 is 34.0.